The summed E-state index contributed by atoms with van der Waals surface area (Å²) in [5, 5.41) is 0. The topological polar surface area (TPSA) is 26.3 Å². The van der Waals surface area contributed by atoms with Crippen LogP contribution in [0.1, 0.15) is 33.1 Å². The van der Waals surface area contributed by atoms with Crippen molar-refractivity contribution in [2.45, 2.75) is 39.2 Å². The maximum atomic E-state index is 10.6. The molecular weight excluding hydrogens is 180 g/mol. The Morgan fingerprint density at radius 1 is 1.67 bits per heavy atom. The van der Waals surface area contributed by atoms with Gasteiger partial charge in [-0.3, -0.25) is 0 Å². The van der Waals surface area contributed by atoms with Crippen molar-refractivity contribution in [1.29, 1.82) is 0 Å². The standard InChI is InChI=1S/C9H16O2.Ca/c1-4-6-7-8(3)11-9(10)5-2;/h5,8H,2,4,6-7H2,1,3H3;. The Morgan fingerprint density at radius 3 is 2.67 bits per heavy atom. The predicted molar refractivity (Wildman–Crippen MR) is 51.0 cm³/mol. The normalized spacial score (nSPS) is 11.2. The first kappa shape index (κ1) is 15.0. The molecule has 3 heteroatoms. The molecule has 0 rings (SSSR count). The molecule has 0 amide bonds. The number of rotatable bonds is 5. The van der Waals surface area contributed by atoms with Crippen LogP contribution in [-0.2, 0) is 9.53 Å². The van der Waals surface area contributed by atoms with Gasteiger partial charge in [-0.15, -0.1) is 0 Å². The largest absolute Gasteiger partial charge is 0.460 e. The maximum absolute atomic E-state index is 10.6. The summed E-state index contributed by atoms with van der Waals surface area (Å²) in [6.07, 6.45) is 4.40. The second-order valence-corrected chi connectivity index (χ2v) is 2.59. The zero-order valence-corrected chi connectivity index (χ0v) is 10.2. The molecule has 0 fully saturated rings. The van der Waals surface area contributed by atoms with Crippen LogP contribution in [0.5, 0.6) is 0 Å². The molecule has 0 aliphatic carbocycles. The molecule has 0 aliphatic rings. The molecule has 0 aromatic carbocycles. The fraction of sp³-hybridized carbons (Fsp3) is 0.667. The molecule has 66 valence electrons. The number of unbranched alkanes of at least 4 members (excludes halogenated alkanes) is 1. The zero-order valence-electron chi connectivity index (χ0n) is 8.01. The van der Waals surface area contributed by atoms with E-state index in [0.29, 0.717) is 0 Å². The maximum Gasteiger partial charge on any atom is 0.330 e. The van der Waals surface area contributed by atoms with Gasteiger partial charge in [0.05, 0.1) is 6.10 Å². The van der Waals surface area contributed by atoms with E-state index in [1.807, 2.05) is 6.92 Å². The summed E-state index contributed by atoms with van der Waals surface area (Å²) >= 11 is 0. The average Bonchev–Trinajstić information content (AvgIpc) is 2.00. The Bertz CT molecular complexity index is 134. The summed E-state index contributed by atoms with van der Waals surface area (Å²) in [6.45, 7) is 7.33. The molecule has 0 heterocycles. The Balaban J connectivity index is 0. The van der Waals surface area contributed by atoms with E-state index in [2.05, 4.69) is 13.5 Å². The molecule has 2 nitrogen and oxygen atoms in total. The van der Waals surface area contributed by atoms with Gasteiger partial charge in [0.2, 0.25) is 0 Å². The smallest absolute Gasteiger partial charge is 0.330 e. The van der Waals surface area contributed by atoms with Crippen LogP contribution in [0, 0.1) is 0 Å². The van der Waals surface area contributed by atoms with Gasteiger partial charge in [-0.25, -0.2) is 4.79 Å². The fourth-order valence-electron chi connectivity index (χ4n) is 0.797. The van der Waals surface area contributed by atoms with Crippen LogP contribution in [0.25, 0.3) is 0 Å². The van der Waals surface area contributed by atoms with Gasteiger partial charge in [0.25, 0.3) is 0 Å². The first-order valence-electron chi connectivity index (χ1n) is 4.03. The van der Waals surface area contributed by atoms with E-state index >= 15 is 0 Å². The Kier molecular flexibility index (Phi) is 11.9. The van der Waals surface area contributed by atoms with Gasteiger partial charge in [-0.2, -0.15) is 0 Å². The molecule has 0 aromatic rings. The number of ether oxygens (including phenoxy) is 1. The summed E-state index contributed by atoms with van der Waals surface area (Å²) in [6, 6.07) is 0. The minimum absolute atomic E-state index is 0. The summed E-state index contributed by atoms with van der Waals surface area (Å²) in [7, 11) is 0. The van der Waals surface area contributed by atoms with E-state index in [0.717, 1.165) is 19.3 Å². The van der Waals surface area contributed by atoms with Crippen molar-refractivity contribution in [3.8, 4) is 0 Å². The fourth-order valence-corrected chi connectivity index (χ4v) is 0.797. The second kappa shape index (κ2) is 9.56. The first-order valence-corrected chi connectivity index (χ1v) is 4.03. The van der Waals surface area contributed by atoms with Gasteiger partial charge in [0.1, 0.15) is 0 Å². The number of hydrogen-bond acceptors (Lipinski definition) is 2. The minimum atomic E-state index is -0.325. The molecule has 0 saturated carbocycles. The molecule has 0 aromatic heterocycles. The van der Waals surface area contributed by atoms with Crippen LogP contribution in [0.15, 0.2) is 12.7 Å². The van der Waals surface area contributed by atoms with Crippen LogP contribution < -0.4 is 0 Å². The molecule has 0 aliphatic heterocycles. The van der Waals surface area contributed by atoms with Crippen LogP contribution in [0.3, 0.4) is 0 Å². The quantitative estimate of drug-likeness (QED) is 0.381. The van der Waals surface area contributed by atoms with Gasteiger partial charge >= 0.3 is 5.97 Å². The monoisotopic (exact) mass is 196 g/mol. The van der Waals surface area contributed by atoms with Crippen LogP contribution in [0.4, 0.5) is 0 Å². The van der Waals surface area contributed by atoms with Crippen molar-refractivity contribution in [3.05, 3.63) is 12.7 Å². The third-order valence-electron chi connectivity index (χ3n) is 1.45. The van der Waals surface area contributed by atoms with E-state index in [1.54, 1.807) is 0 Å². The molecule has 0 saturated heterocycles. The third kappa shape index (κ3) is 8.57. The zero-order chi connectivity index (χ0) is 8.69. The number of esters is 1. The van der Waals surface area contributed by atoms with E-state index in [4.69, 9.17) is 4.74 Å². The summed E-state index contributed by atoms with van der Waals surface area (Å²) in [4.78, 5) is 10.6. The molecule has 1 unspecified atom stereocenters. The van der Waals surface area contributed by atoms with Crippen LogP contribution in [-0.4, -0.2) is 49.8 Å². The Morgan fingerprint density at radius 2 is 2.25 bits per heavy atom. The molecule has 12 heavy (non-hydrogen) atoms. The minimum Gasteiger partial charge on any atom is -0.460 e. The SMILES string of the molecule is C=CC(=O)OC(C)CCCC.[Ca]. The van der Waals surface area contributed by atoms with E-state index < -0.39 is 0 Å². The van der Waals surface area contributed by atoms with Crippen molar-refractivity contribution in [2.24, 2.45) is 0 Å². The summed E-state index contributed by atoms with van der Waals surface area (Å²) in [5.74, 6) is -0.325. The molecular formula is C9H16CaO2. The van der Waals surface area contributed by atoms with Crippen molar-refractivity contribution in [3.63, 3.8) is 0 Å². The number of carbonyl (C=O) groups is 1. The van der Waals surface area contributed by atoms with Crippen molar-refractivity contribution >= 4 is 43.7 Å². The second-order valence-electron chi connectivity index (χ2n) is 2.59. The van der Waals surface area contributed by atoms with E-state index in [-0.39, 0.29) is 49.8 Å². The third-order valence-corrected chi connectivity index (χ3v) is 1.45. The van der Waals surface area contributed by atoms with Crippen molar-refractivity contribution in [2.75, 3.05) is 0 Å². The number of hydrogen-bond donors (Lipinski definition) is 0. The molecule has 2 radical (unpaired) electrons. The first-order chi connectivity index (χ1) is 5.20. The van der Waals surface area contributed by atoms with Gasteiger partial charge in [-0.05, 0) is 13.3 Å². The van der Waals surface area contributed by atoms with E-state index in [9.17, 15) is 4.79 Å². The van der Waals surface area contributed by atoms with Crippen molar-refractivity contribution in [1.82, 2.24) is 0 Å². The van der Waals surface area contributed by atoms with Gasteiger partial charge in [0.15, 0.2) is 0 Å². The molecule has 0 spiro atoms. The summed E-state index contributed by atoms with van der Waals surface area (Å²) in [5.41, 5.74) is 0. The van der Waals surface area contributed by atoms with Gasteiger partial charge < -0.3 is 4.74 Å². The van der Waals surface area contributed by atoms with Gasteiger partial charge in [0, 0.05) is 43.8 Å². The number of carbonyl (C=O) groups excluding carboxylic acids is 1. The summed E-state index contributed by atoms with van der Waals surface area (Å²) < 4.78 is 4.94. The Hall–Kier alpha value is 0.470. The molecule has 0 bridgehead atoms. The van der Waals surface area contributed by atoms with E-state index in [1.165, 1.54) is 6.08 Å². The van der Waals surface area contributed by atoms with Crippen LogP contribution in [0.2, 0.25) is 0 Å². The van der Waals surface area contributed by atoms with Crippen molar-refractivity contribution < 1.29 is 9.53 Å². The molecule has 0 N–H and O–H groups in total. The van der Waals surface area contributed by atoms with Crippen LogP contribution >= 0.6 is 0 Å². The predicted octanol–water partition coefficient (Wildman–Crippen LogP) is 1.91. The Labute approximate surface area is 104 Å². The average molecular weight is 196 g/mol. The van der Waals surface area contributed by atoms with Gasteiger partial charge in [-0.1, -0.05) is 26.3 Å². The molecule has 1 atom stereocenters.